The molecule has 6 heteroatoms. The van der Waals surface area contributed by atoms with Gasteiger partial charge in [-0.15, -0.1) is 0 Å². The van der Waals surface area contributed by atoms with Crippen LogP contribution >= 0.6 is 11.6 Å². The molecule has 5 nitrogen and oxygen atoms in total. The first-order valence-electron chi connectivity index (χ1n) is 7.93. The molecular formula is C18H19ClN4O. The van der Waals surface area contributed by atoms with Crippen molar-refractivity contribution in [3.05, 3.63) is 52.8 Å². The van der Waals surface area contributed by atoms with Crippen molar-refractivity contribution in [3.8, 4) is 6.07 Å². The third kappa shape index (κ3) is 3.45. The van der Waals surface area contributed by atoms with Gasteiger partial charge in [0.1, 0.15) is 6.07 Å². The first-order valence-corrected chi connectivity index (χ1v) is 8.31. The number of benzene rings is 1. The van der Waals surface area contributed by atoms with Gasteiger partial charge in [0.05, 0.1) is 23.2 Å². The Morgan fingerprint density at radius 1 is 1.46 bits per heavy atom. The summed E-state index contributed by atoms with van der Waals surface area (Å²) in [6.07, 6.45) is 4.18. The molecule has 1 N–H and O–H groups in total. The molecule has 124 valence electrons. The molecule has 1 aromatic heterocycles. The Bertz CT molecular complexity index is 793. The number of carbonyl (C=O) groups is 1. The van der Waals surface area contributed by atoms with Crippen LogP contribution < -0.4 is 5.32 Å². The zero-order valence-electron chi connectivity index (χ0n) is 13.5. The molecule has 1 aromatic carbocycles. The average molecular weight is 343 g/mol. The van der Waals surface area contributed by atoms with Gasteiger partial charge < -0.3 is 9.88 Å². The van der Waals surface area contributed by atoms with E-state index in [0.717, 1.165) is 19.4 Å². The van der Waals surface area contributed by atoms with E-state index in [9.17, 15) is 4.79 Å². The van der Waals surface area contributed by atoms with Gasteiger partial charge in [0, 0.05) is 24.6 Å². The molecule has 1 fully saturated rings. The first kappa shape index (κ1) is 16.6. The number of nitrogens with one attached hydrogen (secondary N) is 1. The molecule has 0 saturated carbocycles. The number of nitriles is 1. The number of rotatable bonds is 4. The number of halogens is 1. The second kappa shape index (κ2) is 7.08. The number of carbonyl (C=O) groups excluding carboxylic acids is 1. The normalized spacial score (nSPS) is 17.6. The van der Waals surface area contributed by atoms with Gasteiger partial charge in [0.15, 0.2) is 0 Å². The lowest BCUT2D eigenvalue weighted by molar-refractivity contribution is -0.117. The van der Waals surface area contributed by atoms with Crippen molar-refractivity contribution in [1.82, 2.24) is 9.47 Å². The predicted octanol–water partition coefficient (Wildman–Crippen LogP) is 3.33. The van der Waals surface area contributed by atoms with E-state index in [1.165, 1.54) is 5.69 Å². The van der Waals surface area contributed by atoms with Crippen LogP contribution in [0.25, 0.3) is 0 Å². The van der Waals surface area contributed by atoms with Crippen LogP contribution in [0.2, 0.25) is 5.02 Å². The molecule has 2 aromatic rings. The number of hydrogen-bond donors (Lipinski definition) is 1. The van der Waals surface area contributed by atoms with E-state index in [-0.39, 0.29) is 11.9 Å². The van der Waals surface area contributed by atoms with Gasteiger partial charge in [-0.1, -0.05) is 11.6 Å². The molecule has 0 bridgehead atoms. The topological polar surface area (TPSA) is 61.1 Å². The lowest BCUT2D eigenvalue weighted by atomic mass is 10.1. The molecule has 1 saturated heterocycles. The molecule has 1 atom stereocenters. The SMILES string of the molecule is Cn1cccc1[C@H]1CCCN1CC(=O)Nc1ccc(C#N)c(Cl)c1. The van der Waals surface area contributed by atoms with Crippen LogP contribution in [0.15, 0.2) is 36.5 Å². The fourth-order valence-corrected chi connectivity index (χ4v) is 3.46. The molecule has 3 rings (SSSR count). The van der Waals surface area contributed by atoms with Crippen LogP contribution in [-0.2, 0) is 11.8 Å². The van der Waals surface area contributed by atoms with Gasteiger partial charge in [-0.2, -0.15) is 5.26 Å². The van der Waals surface area contributed by atoms with Crippen LogP contribution in [0.5, 0.6) is 0 Å². The summed E-state index contributed by atoms with van der Waals surface area (Å²) in [7, 11) is 2.03. The van der Waals surface area contributed by atoms with Crippen molar-refractivity contribution in [2.75, 3.05) is 18.4 Å². The first-order chi connectivity index (χ1) is 11.6. The second-order valence-electron chi connectivity index (χ2n) is 6.03. The smallest absolute Gasteiger partial charge is 0.238 e. The number of anilines is 1. The third-order valence-electron chi connectivity index (χ3n) is 4.41. The monoisotopic (exact) mass is 342 g/mol. The van der Waals surface area contributed by atoms with Crippen molar-refractivity contribution < 1.29 is 4.79 Å². The van der Waals surface area contributed by atoms with Gasteiger partial charge in [-0.05, 0) is 49.7 Å². The largest absolute Gasteiger partial charge is 0.353 e. The number of nitrogens with zero attached hydrogens (tertiary/aromatic N) is 3. The van der Waals surface area contributed by atoms with E-state index in [4.69, 9.17) is 16.9 Å². The van der Waals surface area contributed by atoms with Crippen LogP contribution in [0, 0.1) is 11.3 Å². The maximum absolute atomic E-state index is 12.4. The van der Waals surface area contributed by atoms with Crippen LogP contribution in [0.1, 0.15) is 30.1 Å². The van der Waals surface area contributed by atoms with Crippen molar-refractivity contribution >= 4 is 23.2 Å². The molecule has 0 unspecified atom stereocenters. The summed E-state index contributed by atoms with van der Waals surface area (Å²) in [5.41, 5.74) is 2.25. The van der Waals surface area contributed by atoms with E-state index in [0.29, 0.717) is 22.8 Å². The fraction of sp³-hybridized carbons (Fsp3) is 0.333. The van der Waals surface area contributed by atoms with Crippen molar-refractivity contribution in [2.45, 2.75) is 18.9 Å². The van der Waals surface area contributed by atoms with Crippen LogP contribution in [0.3, 0.4) is 0 Å². The summed E-state index contributed by atoms with van der Waals surface area (Å²) in [4.78, 5) is 14.6. The number of amides is 1. The fourth-order valence-electron chi connectivity index (χ4n) is 3.24. The molecule has 0 aliphatic carbocycles. The van der Waals surface area contributed by atoms with Gasteiger partial charge in [-0.25, -0.2) is 0 Å². The lowest BCUT2D eigenvalue weighted by Gasteiger charge is -2.24. The summed E-state index contributed by atoms with van der Waals surface area (Å²) in [6, 6.07) is 11.3. The molecule has 1 amide bonds. The van der Waals surface area contributed by atoms with E-state index in [1.807, 2.05) is 25.4 Å². The maximum Gasteiger partial charge on any atom is 0.238 e. The van der Waals surface area contributed by atoms with E-state index in [2.05, 4.69) is 20.9 Å². The number of aromatic nitrogens is 1. The summed E-state index contributed by atoms with van der Waals surface area (Å²) >= 11 is 6.00. The minimum Gasteiger partial charge on any atom is -0.353 e. The Morgan fingerprint density at radius 3 is 2.96 bits per heavy atom. The predicted molar refractivity (Wildman–Crippen MR) is 93.8 cm³/mol. The molecular weight excluding hydrogens is 324 g/mol. The van der Waals surface area contributed by atoms with Crippen molar-refractivity contribution in [2.24, 2.45) is 7.05 Å². The number of aryl methyl sites for hydroxylation is 1. The van der Waals surface area contributed by atoms with Crippen molar-refractivity contribution in [3.63, 3.8) is 0 Å². The summed E-state index contributed by atoms with van der Waals surface area (Å²) < 4.78 is 2.11. The number of hydrogen-bond acceptors (Lipinski definition) is 3. The van der Waals surface area contributed by atoms with Crippen molar-refractivity contribution in [1.29, 1.82) is 5.26 Å². The standard InChI is InChI=1S/C18H19ClN4O/c1-22-8-2-4-16(22)17-5-3-9-23(17)12-18(24)21-14-7-6-13(11-20)15(19)10-14/h2,4,6-8,10,17H,3,5,9,12H2,1H3,(H,21,24)/t17-/m1/s1. The molecule has 0 spiro atoms. The lowest BCUT2D eigenvalue weighted by Crippen LogP contribution is -2.33. The minimum atomic E-state index is -0.0723. The Labute approximate surface area is 146 Å². The molecule has 1 aliphatic heterocycles. The third-order valence-corrected chi connectivity index (χ3v) is 4.72. The molecule has 2 heterocycles. The summed E-state index contributed by atoms with van der Waals surface area (Å²) in [5, 5.41) is 12.1. The Kier molecular flexibility index (Phi) is 4.89. The zero-order valence-corrected chi connectivity index (χ0v) is 14.3. The van der Waals surface area contributed by atoms with Crippen LogP contribution in [-0.4, -0.2) is 28.5 Å². The van der Waals surface area contributed by atoms with E-state index in [1.54, 1.807) is 18.2 Å². The minimum absolute atomic E-state index is 0.0723. The highest BCUT2D eigenvalue weighted by atomic mass is 35.5. The van der Waals surface area contributed by atoms with Gasteiger partial charge >= 0.3 is 0 Å². The van der Waals surface area contributed by atoms with Gasteiger partial charge in [0.25, 0.3) is 0 Å². The zero-order chi connectivity index (χ0) is 17.1. The molecule has 1 aliphatic rings. The summed E-state index contributed by atoms with van der Waals surface area (Å²) in [5.74, 6) is -0.0723. The maximum atomic E-state index is 12.4. The Balaban J connectivity index is 1.65. The van der Waals surface area contributed by atoms with E-state index >= 15 is 0 Å². The average Bonchev–Trinajstić information content (AvgIpc) is 3.16. The van der Waals surface area contributed by atoms with Gasteiger partial charge in [-0.3, -0.25) is 9.69 Å². The molecule has 24 heavy (non-hydrogen) atoms. The Hall–Kier alpha value is -2.29. The second-order valence-corrected chi connectivity index (χ2v) is 6.43. The quantitative estimate of drug-likeness (QED) is 0.927. The highest BCUT2D eigenvalue weighted by molar-refractivity contribution is 6.32. The molecule has 0 radical (unpaired) electrons. The van der Waals surface area contributed by atoms with Crippen LogP contribution in [0.4, 0.5) is 5.69 Å². The Morgan fingerprint density at radius 2 is 2.29 bits per heavy atom. The number of likely N-dealkylation sites (tertiary alicyclic amines) is 1. The summed E-state index contributed by atoms with van der Waals surface area (Å²) in [6.45, 7) is 1.25. The van der Waals surface area contributed by atoms with Gasteiger partial charge in [0.2, 0.25) is 5.91 Å². The highest BCUT2D eigenvalue weighted by Crippen LogP contribution is 2.31. The van der Waals surface area contributed by atoms with E-state index < -0.39 is 0 Å². The highest BCUT2D eigenvalue weighted by Gasteiger charge is 2.28.